The molecule has 0 aliphatic heterocycles. The van der Waals surface area contributed by atoms with Crippen LogP contribution in [0.25, 0.3) is 0 Å². The summed E-state index contributed by atoms with van der Waals surface area (Å²) in [6.45, 7) is 3.33. The molecule has 7 heteroatoms. The summed E-state index contributed by atoms with van der Waals surface area (Å²) >= 11 is 0. The largest absolute Gasteiger partial charge is 0.496 e. The van der Waals surface area contributed by atoms with E-state index < -0.39 is 18.1 Å². The maximum atomic E-state index is 12.2. The van der Waals surface area contributed by atoms with Crippen LogP contribution in [-0.2, 0) is 27.3 Å². The highest BCUT2D eigenvalue weighted by atomic mass is 16.6. The van der Waals surface area contributed by atoms with E-state index in [1.807, 2.05) is 37.3 Å². The maximum Gasteiger partial charge on any atom is 0.408 e. The second kappa shape index (κ2) is 10.3. The van der Waals surface area contributed by atoms with Gasteiger partial charge in [-0.3, -0.25) is 4.79 Å². The van der Waals surface area contributed by atoms with Gasteiger partial charge >= 0.3 is 12.1 Å². The van der Waals surface area contributed by atoms with Crippen LogP contribution >= 0.6 is 0 Å². The number of ketones is 1. The number of alkyl carbamates (subject to hydrolysis) is 1. The van der Waals surface area contributed by atoms with Crippen molar-refractivity contribution in [1.29, 1.82) is 0 Å². The van der Waals surface area contributed by atoms with Crippen molar-refractivity contribution >= 4 is 17.8 Å². The van der Waals surface area contributed by atoms with Crippen LogP contribution in [0.1, 0.15) is 34.0 Å². The fourth-order valence-electron chi connectivity index (χ4n) is 2.98. The zero-order valence-corrected chi connectivity index (χ0v) is 17.0. The predicted molar refractivity (Wildman–Crippen MR) is 107 cm³/mol. The van der Waals surface area contributed by atoms with Crippen molar-refractivity contribution in [3.05, 3.63) is 64.7 Å². The number of amides is 1. The highest BCUT2D eigenvalue weighted by Crippen LogP contribution is 2.26. The van der Waals surface area contributed by atoms with Gasteiger partial charge in [0, 0.05) is 6.42 Å². The Morgan fingerprint density at radius 2 is 1.72 bits per heavy atom. The summed E-state index contributed by atoms with van der Waals surface area (Å²) in [7, 11) is 2.74. The molecule has 154 valence electrons. The Bertz CT molecular complexity index is 878. The Kier molecular flexibility index (Phi) is 7.77. The summed E-state index contributed by atoms with van der Waals surface area (Å²) < 4.78 is 15.3. The second-order valence-electron chi connectivity index (χ2n) is 6.54. The van der Waals surface area contributed by atoms with Gasteiger partial charge in [0.1, 0.15) is 18.4 Å². The SMILES string of the molecule is COC(=O)[C@H](Cc1cc(C)c(OC)c(C(C)=O)c1)NC(=O)OCc1ccccc1. The zero-order valence-electron chi connectivity index (χ0n) is 17.0. The van der Waals surface area contributed by atoms with E-state index in [0.717, 1.165) is 11.1 Å². The van der Waals surface area contributed by atoms with Gasteiger partial charge in [-0.1, -0.05) is 36.4 Å². The van der Waals surface area contributed by atoms with Gasteiger partial charge in [0.05, 0.1) is 19.8 Å². The van der Waals surface area contributed by atoms with Gasteiger partial charge in [-0.05, 0) is 36.6 Å². The number of Topliss-reactive ketones (excluding diaryl/α,β-unsaturated/α-hetero) is 1. The van der Waals surface area contributed by atoms with E-state index in [2.05, 4.69) is 5.32 Å². The molecule has 29 heavy (non-hydrogen) atoms. The molecule has 1 atom stereocenters. The van der Waals surface area contributed by atoms with Gasteiger partial charge in [-0.15, -0.1) is 0 Å². The first-order valence-corrected chi connectivity index (χ1v) is 9.09. The molecular formula is C22H25NO6. The number of ether oxygens (including phenoxy) is 3. The molecule has 2 rings (SSSR count). The lowest BCUT2D eigenvalue weighted by Crippen LogP contribution is -2.43. The van der Waals surface area contributed by atoms with Crippen LogP contribution in [-0.4, -0.2) is 38.1 Å². The number of aryl methyl sites for hydroxylation is 1. The third kappa shape index (κ3) is 6.07. The van der Waals surface area contributed by atoms with Crippen LogP contribution < -0.4 is 10.1 Å². The first-order chi connectivity index (χ1) is 13.8. The number of methoxy groups -OCH3 is 2. The van der Waals surface area contributed by atoms with E-state index in [4.69, 9.17) is 14.2 Å². The minimum Gasteiger partial charge on any atom is -0.496 e. The van der Waals surface area contributed by atoms with Crippen LogP contribution in [0, 0.1) is 6.92 Å². The Morgan fingerprint density at radius 3 is 2.31 bits per heavy atom. The predicted octanol–water partition coefficient (Wildman–Crippen LogP) is 3.22. The summed E-state index contributed by atoms with van der Waals surface area (Å²) in [5.41, 5.74) is 2.68. The topological polar surface area (TPSA) is 90.9 Å². The number of nitrogens with one attached hydrogen (secondary N) is 1. The third-order valence-electron chi connectivity index (χ3n) is 4.35. The number of carbonyl (C=O) groups excluding carboxylic acids is 3. The maximum absolute atomic E-state index is 12.2. The monoisotopic (exact) mass is 399 g/mol. The van der Waals surface area contributed by atoms with Gasteiger partial charge in [0.2, 0.25) is 0 Å². The second-order valence-corrected chi connectivity index (χ2v) is 6.54. The van der Waals surface area contributed by atoms with E-state index in [1.165, 1.54) is 21.1 Å². The molecule has 0 radical (unpaired) electrons. The summed E-state index contributed by atoms with van der Waals surface area (Å²) in [6, 6.07) is 11.7. The molecule has 1 N–H and O–H groups in total. The number of esters is 1. The van der Waals surface area contributed by atoms with Crippen molar-refractivity contribution in [2.24, 2.45) is 0 Å². The lowest BCUT2D eigenvalue weighted by Gasteiger charge is -2.18. The molecule has 0 bridgehead atoms. The van der Waals surface area contributed by atoms with Crippen molar-refractivity contribution in [2.75, 3.05) is 14.2 Å². The number of hydrogen-bond donors (Lipinski definition) is 1. The molecule has 0 fully saturated rings. The van der Waals surface area contributed by atoms with Crippen LogP contribution in [0.15, 0.2) is 42.5 Å². The zero-order chi connectivity index (χ0) is 21.4. The van der Waals surface area contributed by atoms with E-state index in [1.54, 1.807) is 12.1 Å². The average molecular weight is 399 g/mol. The molecule has 1 amide bonds. The van der Waals surface area contributed by atoms with E-state index >= 15 is 0 Å². The molecule has 0 aromatic heterocycles. The highest BCUT2D eigenvalue weighted by Gasteiger charge is 2.24. The Labute approximate surface area is 170 Å². The third-order valence-corrected chi connectivity index (χ3v) is 4.35. The molecule has 0 spiro atoms. The fourth-order valence-corrected chi connectivity index (χ4v) is 2.98. The Morgan fingerprint density at radius 1 is 1.03 bits per heavy atom. The Hall–Kier alpha value is -3.35. The average Bonchev–Trinajstić information content (AvgIpc) is 2.71. The smallest absolute Gasteiger partial charge is 0.408 e. The highest BCUT2D eigenvalue weighted by molar-refractivity contribution is 5.97. The lowest BCUT2D eigenvalue weighted by atomic mass is 9.98. The van der Waals surface area contributed by atoms with Gasteiger partial charge < -0.3 is 19.5 Å². The molecule has 0 saturated carbocycles. The van der Waals surface area contributed by atoms with Gasteiger partial charge in [-0.2, -0.15) is 0 Å². The van der Waals surface area contributed by atoms with E-state index in [-0.39, 0.29) is 18.8 Å². The number of rotatable bonds is 8. The van der Waals surface area contributed by atoms with Crippen molar-refractivity contribution in [3.63, 3.8) is 0 Å². The standard InChI is InChI=1S/C22H25NO6/c1-14-10-17(11-18(15(2)24)20(14)27-3)12-19(21(25)28-4)23-22(26)29-13-16-8-6-5-7-9-16/h5-11,19H,12-13H2,1-4H3,(H,23,26)/t19-/m0/s1. The van der Waals surface area contributed by atoms with Crippen LogP contribution in [0.2, 0.25) is 0 Å². The van der Waals surface area contributed by atoms with Gasteiger partial charge in [-0.25, -0.2) is 9.59 Å². The van der Waals surface area contributed by atoms with Crippen molar-refractivity contribution in [3.8, 4) is 5.75 Å². The first-order valence-electron chi connectivity index (χ1n) is 9.09. The van der Waals surface area contributed by atoms with Gasteiger partial charge in [0.25, 0.3) is 0 Å². The number of hydrogen-bond acceptors (Lipinski definition) is 6. The van der Waals surface area contributed by atoms with E-state index in [9.17, 15) is 14.4 Å². The molecule has 0 saturated heterocycles. The molecule has 0 heterocycles. The fraction of sp³-hybridized carbons (Fsp3) is 0.318. The summed E-state index contributed by atoms with van der Waals surface area (Å²) in [4.78, 5) is 36.3. The molecule has 0 aliphatic carbocycles. The molecule has 0 aliphatic rings. The van der Waals surface area contributed by atoms with Crippen LogP contribution in [0.5, 0.6) is 5.75 Å². The van der Waals surface area contributed by atoms with Crippen LogP contribution in [0.3, 0.4) is 0 Å². The normalized spacial score (nSPS) is 11.3. The summed E-state index contributed by atoms with van der Waals surface area (Å²) in [5, 5.41) is 2.53. The quantitative estimate of drug-likeness (QED) is 0.541. The molecule has 7 nitrogen and oxygen atoms in total. The molecular weight excluding hydrogens is 374 g/mol. The van der Waals surface area contributed by atoms with Crippen LogP contribution in [0.4, 0.5) is 4.79 Å². The molecule has 0 unspecified atom stereocenters. The first kappa shape index (κ1) is 21.9. The van der Waals surface area contributed by atoms with Crippen molar-refractivity contribution in [1.82, 2.24) is 5.32 Å². The minimum atomic E-state index is -0.962. The van der Waals surface area contributed by atoms with E-state index in [0.29, 0.717) is 16.9 Å². The summed E-state index contributed by atoms with van der Waals surface area (Å²) in [5.74, 6) is -0.276. The molecule has 2 aromatic carbocycles. The Balaban J connectivity index is 2.13. The molecule has 2 aromatic rings. The van der Waals surface area contributed by atoms with Gasteiger partial charge in [0.15, 0.2) is 5.78 Å². The van der Waals surface area contributed by atoms with Crippen molar-refractivity contribution in [2.45, 2.75) is 32.9 Å². The van der Waals surface area contributed by atoms with Crippen molar-refractivity contribution < 1.29 is 28.6 Å². The number of carbonyl (C=O) groups is 3. The summed E-state index contributed by atoms with van der Waals surface area (Å²) in [6.07, 6.45) is -0.598. The number of benzene rings is 2. The minimum absolute atomic E-state index is 0.0801. The lowest BCUT2D eigenvalue weighted by molar-refractivity contribution is -0.143.